The van der Waals surface area contributed by atoms with Gasteiger partial charge in [0.2, 0.25) is 5.91 Å². The molecule has 39 heavy (non-hydrogen) atoms. The van der Waals surface area contributed by atoms with Crippen molar-refractivity contribution in [2.45, 2.75) is 43.9 Å². The van der Waals surface area contributed by atoms with Crippen molar-refractivity contribution < 1.29 is 29.0 Å². The molecule has 3 aliphatic heterocycles. The van der Waals surface area contributed by atoms with Gasteiger partial charge in [-0.1, -0.05) is 49.4 Å². The quantitative estimate of drug-likeness (QED) is 0.286. The van der Waals surface area contributed by atoms with E-state index < -0.39 is 35.0 Å². The van der Waals surface area contributed by atoms with Crippen molar-refractivity contribution in [1.29, 1.82) is 0 Å². The van der Waals surface area contributed by atoms with Gasteiger partial charge in [-0.15, -0.1) is 13.2 Å². The van der Waals surface area contributed by atoms with Gasteiger partial charge in [-0.25, -0.2) is 0 Å². The molecule has 3 unspecified atom stereocenters. The summed E-state index contributed by atoms with van der Waals surface area (Å²) in [5.41, 5.74) is -1.50. The first kappa shape index (κ1) is 27.1. The number of ether oxygens (including phenoxy) is 2. The first-order valence-electron chi connectivity index (χ1n) is 13.5. The van der Waals surface area contributed by atoms with Crippen LogP contribution in [0.15, 0.2) is 67.8 Å². The number of aliphatic hydroxyl groups is 1. The average molecular weight is 533 g/mol. The number of anilines is 1. The Morgan fingerprint density at radius 2 is 1.95 bits per heavy atom. The van der Waals surface area contributed by atoms with Crippen LogP contribution >= 0.6 is 0 Å². The summed E-state index contributed by atoms with van der Waals surface area (Å²) in [6.45, 7) is 11.4. The molecule has 0 radical (unpaired) electrons. The van der Waals surface area contributed by atoms with E-state index in [4.69, 9.17) is 9.47 Å². The van der Waals surface area contributed by atoms with Crippen LogP contribution in [0, 0.1) is 17.8 Å². The molecule has 8 nitrogen and oxygen atoms in total. The van der Waals surface area contributed by atoms with Gasteiger partial charge in [0.15, 0.2) is 0 Å². The fourth-order valence-corrected chi connectivity index (χ4v) is 7.00. The molecule has 2 aromatic rings. The topological polar surface area (TPSA) is 96.4 Å². The third-order valence-corrected chi connectivity index (χ3v) is 8.83. The number of nitrogens with zero attached hydrogens (tertiary/aromatic N) is 2. The fraction of sp³-hybridized carbons (Fsp3) is 0.452. The van der Waals surface area contributed by atoms with E-state index in [1.54, 1.807) is 17.1 Å². The molecule has 3 aliphatic rings. The minimum atomic E-state index is -1.21. The molecular formula is C31H36N2O6. The predicted molar refractivity (Wildman–Crippen MR) is 148 cm³/mol. The molecule has 5 rings (SSSR count). The summed E-state index contributed by atoms with van der Waals surface area (Å²) >= 11 is 0. The van der Waals surface area contributed by atoms with Crippen LogP contribution in [0.25, 0.3) is 10.8 Å². The van der Waals surface area contributed by atoms with E-state index in [0.29, 0.717) is 18.5 Å². The third-order valence-electron chi connectivity index (χ3n) is 8.83. The number of carbonyl (C=O) groups excluding carboxylic acids is 3. The first-order chi connectivity index (χ1) is 18.7. The van der Waals surface area contributed by atoms with Gasteiger partial charge in [-0.2, -0.15) is 0 Å². The van der Waals surface area contributed by atoms with E-state index in [0.717, 1.165) is 10.8 Å². The van der Waals surface area contributed by atoms with Crippen LogP contribution in [0.3, 0.4) is 0 Å². The van der Waals surface area contributed by atoms with Gasteiger partial charge >= 0.3 is 5.97 Å². The van der Waals surface area contributed by atoms with E-state index in [9.17, 15) is 19.5 Å². The standard InChI is InChI=1S/C31H36N2O6/c1-5-7-17-38-29(37)25-24-27(35)33(15-16-34)26(31(24)19-20(3)30(25,4)39-31)28(36)32(14-6-2)23-13-12-21-10-8-9-11-22(21)18-23/h5-6,8-13,18,20,24-26,34H,1-2,7,14-17,19H2,3-4H3/t20?,24-,25-,26?,30+,31?/m0/s1. The Balaban J connectivity index is 1.57. The zero-order valence-electron chi connectivity index (χ0n) is 22.5. The lowest BCUT2D eigenvalue weighted by Crippen LogP contribution is -2.57. The molecule has 2 bridgehead atoms. The second-order valence-corrected chi connectivity index (χ2v) is 11.0. The smallest absolute Gasteiger partial charge is 0.312 e. The number of rotatable bonds is 10. The highest BCUT2D eigenvalue weighted by molar-refractivity contribution is 6.05. The number of β-amino-alcohol motifs (C(OH)–C–C–N with tert-alkyl or cyclic N) is 1. The predicted octanol–water partition coefficient (Wildman–Crippen LogP) is 3.48. The molecule has 0 saturated carbocycles. The number of fused-ring (bicyclic) bond motifs is 2. The summed E-state index contributed by atoms with van der Waals surface area (Å²) in [4.78, 5) is 44.9. The number of hydrogen-bond donors (Lipinski definition) is 1. The van der Waals surface area contributed by atoms with Gasteiger partial charge in [0.1, 0.15) is 17.6 Å². The molecule has 0 aromatic heterocycles. The molecule has 2 aromatic carbocycles. The number of esters is 1. The maximum absolute atomic E-state index is 14.5. The molecule has 1 spiro atoms. The number of benzene rings is 2. The molecule has 2 amide bonds. The van der Waals surface area contributed by atoms with E-state index in [1.165, 1.54) is 4.90 Å². The van der Waals surface area contributed by atoms with Crippen LogP contribution in [0.4, 0.5) is 5.69 Å². The van der Waals surface area contributed by atoms with Crippen molar-refractivity contribution in [3.05, 3.63) is 67.8 Å². The van der Waals surface area contributed by atoms with Crippen molar-refractivity contribution in [2.75, 3.05) is 31.2 Å². The second-order valence-electron chi connectivity index (χ2n) is 11.0. The summed E-state index contributed by atoms with van der Waals surface area (Å²) < 4.78 is 12.3. The Kier molecular flexibility index (Phi) is 7.11. The minimum absolute atomic E-state index is 0.0418. The monoisotopic (exact) mass is 532 g/mol. The highest BCUT2D eigenvalue weighted by Gasteiger charge is 2.80. The Labute approximate surface area is 228 Å². The van der Waals surface area contributed by atoms with E-state index in [2.05, 4.69) is 13.2 Å². The molecule has 1 N–H and O–H groups in total. The van der Waals surface area contributed by atoms with Crippen LogP contribution in [0.5, 0.6) is 0 Å². The van der Waals surface area contributed by atoms with Crippen LogP contribution < -0.4 is 4.90 Å². The lowest BCUT2D eigenvalue weighted by atomic mass is 9.62. The Hall–Kier alpha value is -3.49. The molecule has 6 atom stereocenters. The largest absolute Gasteiger partial charge is 0.465 e. The van der Waals surface area contributed by atoms with Gasteiger partial charge < -0.3 is 24.4 Å². The van der Waals surface area contributed by atoms with Crippen molar-refractivity contribution in [3.63, 3.8) is 0 Å². The SMILES string of the molecule is C=CCCOC(=O)[C@@H]1[C@H]2C(=O)N(CCO)C(C(=O)N(CC=C)c3ccc4ccccc4c3)C23CC(C)[C@@]1(C)O3. The first-order valence-corrected chi connectivity index (χ1v) is 13.5. The van der Waals surface area contributed by atoms with Crippen LogP contribution in [0.2, 0.25) is 0 Å². The molecule has 3 heterocycles. The van der Waals surface area contributed by atoms with Gasteiger partial charge in [-0.05, 0) is 48.6 Å². The van der Waals surface area contributed by atoms with Crippen molar-refractivity contribution >= 4 is 34.2 Å². The molecule has 0 aliphatic carbocycles. The van der Waals surface area contributed by atoms with Gasteiger partial charge in [0.05, 0.1) is 24.7 Å². The number of hydrogen-bond acceptors (Lipinski definition) is 6. The van der Waals surface area contributed by atoms with Gasteiger partial charge in [0, 0.05) is 18.8 Å². The number of amides is 2. The highest BCUT2D eigenvalue weighted by atomic mass is 16.6. The van der Waals surface area contributed by atoms with E-state index in [-0.39, 0.29) is 44.0 Å². The van der Waals surface area contributed by atoms with Crippen LogP contribution in [0.1, 0.15) is 26.7 Å². The Morgan fingerprint density at radius 1 is 1.21 bits per heavy atom. The zero-order valence-corrected chi connectivity index (χ0v) is 22.5. The number of carbonyl (C=O) groups is 3. The van der Waals surface area contributed by atoms with Gasteiger partial charge in [-0.3, -0.25) is 14.4 Å². The summed E-state index contributed by atoms with van der Waals surface area (Å²) in [5, 5.41) is 11.9. The minimum Gasteiger partial charge on any atom is -0.465 e. The molecular weight excluding hydrogens is 496 g/mol. The van der Waals surface area contributed by atoms with Crippen molar-refractivity contribution in [2.24, 2.45) is 17.8 Å². The van der Waals surface area contributed by atoms with E-state index in [1.807, 2.05) is 56.3 Å². The second kappa shape index (κ2) is 10.2. The van der Waals surface area contributed by atoms with Crippen molar-refractivity contribution in [3.8, 4) is 0 Å². The fourth-order valence-electron chi connectivity index (χ4n) is 7.00. The zero-order chi connectivity index (χ0) is 27.9. The molecule has 206 valence electrons. The average Bonchev–Trinajstić information content (AvgIpc) is 3.43. The normalized spacial score (nSPS) is 30.8. The molecule has 3 saturated heterocycles. The lowest BCUT2D eigenvalue weighted by molar-refractivity contribution is -0.161. The third kappa shape index (κ3) is 4.08. The number of likely N-dealkylation sites (tertiary alicyclic amines) is 1. The van der Waals surface area contributed by atoms with Crippen LogP contribution in [-0.4, -0.2) is 71.3 Å². The molecule has 8 heteroatoms. The molecule has 3 fully saturated rings. The Bertz CT molecular complexity index is 1330. The summed E-state index contributed by atoms with van der Waals surface area (Å²) in [6.07, 6.45) is 4.24. The Morgan fingerprint density at radius 3 is 2.64 bits per heavy atom. The summed E-state index contributed by atoms with van der Waals surface area (Å²) in [6, 6.07) is 12.6. The summed E-state index contributed by atoms with van der Waals surface area (Å²) in [5.74, 6) is -3.02. The van der Waals surface area contributed by atoms with E-state index >= 15 is 0 Å². The lowest BCUT2D eigenvalue weighted by Gasteiger charge is -2.37. The maximum Gasteiger partial charge on any atom is 0.312 e. The highest BCUT2D eigenvalue weighted by Crippen LogP contribution is 2.65. The van der Waals surface area contributed by atoms with Crippen LogP contribution in [-0.2, 0) is 23.9 Å². The van der Waals surface area contributed by atoms with Gasteiger partial charge in [0.25, 0.3) is 5.91 Å². The summed E-state index contributed by atoms with van der Waals surface area (Å²) in [7, 11) is 0. The number of aliphatic hydroxyl groups excluding tert-OH is 1. The van der Waals surface area contributed by atoms with Crippen molar-refractivity contribution in [1.82, 2.24) is 4.90 Å². The maximum atomic E-state index is 14.5.